The number of rotatable bonds is 2. The van der Waals surface area contributed by atoms with Gasteiger partial charge in [0.1, 0.15) is 11.5 Å². The minimum atomic E-state index is 0. The lowest BCUT2D eigenvalue weighted by molar-refractivity contribution is 0.356. The van der Waals surface area contributed by atoms with Crippen molar-refractivity contribution in [2.45, 2.75) is 0 Å². The monoisotopic (exact) mass is 296 g/mol. The molecule has 2 rings (SSSR count). The molecule has 0 aliphatic heterocycles. The van der Waals surface area contributed by atoms with E-state index >= 15 is 0 Å². The maximum absolute atomic E-state index is 5.93. The summed E-state index contributed by atoms with van der Waals surface area (Å²) in [6.45, 7) is 0. The SMILES string of the molecule is COc1cc2ncnc(Cl)c2cc1OC.Cl.Cl. The van der Waals surface area contributed by atoms with Crippen LogP contribution in [0.4, 0.5) is 0 Å². The zero-order valence-electron chi connectivity index (χ0n) is 9.14. The maximum Gasteiger partial charge on any atom is 0.162 e. The Bertz CT molecular complexity index is 508. The average molecular weight is 298 g/mol. The molecule has 4 nitrogen and oxygen atoms in total. The molecule has 0 bridgehead atoms. The smallest absolute Gasteiger partial charge is 0.162 e. The van der Waals surface area contributed by atoms with Crippen molar-refractivity contribution in [3.8, 4) is 11.5 Å². The number of methoxy groups -OCH3 is 2. The Kier molecular flexibility index (Phi) is 6.31. The second-order valence-corrected chi connectivity index (χ2v) is 3.25. The van der Waals surface area contributed by atoms with Crippen LogP contribution in [-0.2, 0) is 0 Å². The predicted octanol–water partition coefficient (Wildman–Crippen LogP) is 3.14. The number of hydrogen-bond donors (Lipinski definition) is 0. The highest BCUT2D eigenvalue weighted by atomic mass is 35.5. The summed E-state index contributed by atoms with van der Waals surface area (Å²) < 4.78 is 10.3. The normalized spacial score (nSPS) is 9.12. The van der Waals surface area contributed by atoms with E-state index in [0.29, 0.717) is 16.7 Å². The molecule has 1 aromatic carbocycles. The largest absolute Gasteiger partial charge is 0.493 e. The minimum absolute atomic E-state index is 0. The molecule has 1 heterocycles. The second-order valence-electron chi connectivity index (χ2n) is 2.89. The molecule has 2 aromatic rings. The van der Waals surface area contributed by atoms with Crippen LogP contribution in [0, 0.1) is 0 Å². The van der Waals surface area contributed by atoms with Gasteiger partial charge in [-0.2, -0.15) is 0 Å². The molecular formula is C10H11Cl3N2O2. The summed E-state index contributed by atoms with van der Waals surface area (Å²) in [5.41, 5.74) is 0.729. The zero-order chi connectivity index (χ0) is 10.8. The van der Waals surface area contributed by atoms with Gasteiger partial charge in [0.2, 0.25) is 0 Å². The van der Waals surface area contributed by atoms with Gasteiger partial charge in [-0.25, -0.2) is 9.97 Å². The Morgan fingerprint density at radius 3 is 2.18 bits per heavy atom. The van der Waals surface area contributed by atoms with Crippen LogP contribution >= 0.6 is 36.4 Å². The van der Waals surface area contributed by atoms with Crippen LogP contribution in [0.5, 0.6) is 11.5 Å². The Hall–Kier alpha value is -0.970. The summed E-state index contributed by atoms with van der Waals surface area (Å²) in [6, 6.07) is 3.53. The summed E-state index contributed by atoms with van der Waals surface area (Å²) in [5, 5.41) is 1.15. The fourth-order valence-electron chi connectivity index (χ4n) is 1.35. The molecule has 0 spiro atoms. The summed E-state index contributed by atoms with van der Waals surface area (Å²) in [6.07, 6.45) is 1.41. The molecule has 0 aliphatic rings. The lowest BCUT2D eigenvalue weighted by Crippen LogP contribution is -1.92. The van der Waals surface area contributed by atoms with Gasteiger partial charge in [0.15, 0.2) is 11.5 Å². The van der Waals surface area contributed by atoms with Gasteiger partial charge in [-0.1, -0.05) is 11.6 Å². The molecule has 94 valence electrons. The molecule has 0 fully saturated rings. The molecule has 17 heavy (non-hydrogen) atoms. The van der Waals surface area contributed by atoms with Gasteiger partial charge in [-0.15, -0.1) is 24.8 Å². The zero-order valence-corrected chi connectivity index (χ0v) is 11.5. The Labute approximate surface area is 116 Å². The van der Waals surface area contributed by atoms with Gasteiger partial charge in [-0.05, 0) is 6.07 Å². The van der Waals surface area contributed by atoms with E-state index in [0.717, 1.165) is 10.9 Å². The van der Waals surface area contributed by atoms with E-state index in [1.807, 2.05) is 0 Å². The van der Waals surface area contributed by atoms with E-state index in [1.165, 1.54) is 6.33 Å². The topological polar surface area (TPSA) is 44.2 Å². The lowest BCUT2D eigenvalue weighted by atomic mass is 10.2. The van der Waals surface area contributed by atoms with Crippen molar-refractivity contribution >= 4 is 47.3 Å². The van der Waals surface area contributed by atoms with Gasteiger partial charge in [0, 0.05) is 11.5 Å². The van der Waals surface area contributed by atoms with E-state index in [2.05, 4.69) is 9.97 Å². The van der Waals surface area contributed by atoms with Gasteiger partial charge in [-0.3, -0.25) is 0 Å². The van der Waals surface area contributed by atoms with E-state index in [-0.39, 0.29) is 24.8 Å². The van der Waals surface area contributed by atoms with Crippen LogP contribution in [0.25, 0.3) is 10.9 Å². The van der Waals surface area contributed by atoms with Gasteiger partial charge >= 0.3 is 0 Å². The van der Waals surface area contributed by atoms with Crippen LogP contribution in [0.15, 0.2) is 18.5 Å². The van der Waals surface area contributed by atoms with E-state index in [1.54, 1.807) is 26.4 Å². The van der Waals surface area contributed by atoms with Crippen LogP contribution in [0.2, 0.25) is 5.15 Å². The lowest BCUT2D eigenvalue weighted by Gasteiger charge is -2.08. The first kappa shape index (κ1) is 16.0. The third-order valence-electron chi connectivity index (χ3n) is 2.09. The number of benzene rings is 1. The average Bonchev–Trinajstić information content (AvgIpc) is 2.28. The highest BCUT2D eigenvalue weighted by Gasteiger charge is 2.09. The Morgan fingerprint density at radius 2 is 1.59 bits per heavy atom. The fourth-order valence-corrected chi connectivity index (χ4v) is 1.55. The number of hydrogen-bond acceptors (Lipinski definition) is 4. The van der Waals surface area contributed by atoms with Crippen LogP contribution in [0.3, 0.4) is 0 Å². The van der Waals surface area contributed by atoms with Crippen LogP contribution < -0.4 is 9.47 Å². The molecule has 0 unspecified atom stereocenters. The maximum atomic E-state index is 5.93. The number of nitrogens with zero attached hydrogens (tertiary/aromatic N) is 2. The number of ether oxygens (including phenoxy) is 2. The van der Waals surface area contributed by atoms with Gasteiger partial charge in [0.25, 0.3) is 0 Å². The van der Waals surface area contributed by atoms with Crippen molar-refractivity contribution in [2.24, 2.45) is 0 Å². The van der Waals surface area contributed by atoms with E-state index < -0.39 is 0 Å². The Morgan fingerprint density at radius 1 is 1.00 bits per heavy atom. The number of fused-ring (bicyclic) bond motifs is 1. The summed E-state index contributed by atoms with van der Waals surface area (Å²) in [4.78, 5) is 7.99. The first-order valence-electron chi connectivity index (χ1n) is 4.28. The van der Waals surface area contributed by atoms with E-state index in [4.69, 9.17) is 21.1 Å². The first-order valence-corrected chi connectivity index (χ1v) is 4.66. The number of halogens is 3. The Balaban J connectivity index is 0.00000128. The van der Waals surface area contributed by atoms with Crippen molar-refractivity contribution in [3.05, 3.63) is 23.6 Å². The minimum Gasteiger partial charge on any atom is -0.493 e. The predicted molar refractivity (Wildman–Crippen MR) is 72.1 cm³/mol. The molecule has 7 heteroatoms. The first-order chi connectivity index (χ1) is 7.26. The molecule has 0 saturated carbocycles. The highest BCUT2D eigenvalue weighted by Crippen LogP contribution is 2.33. The van der Waals surface area contributed by atoms with Crippen molar-refractivity contribution in [1.82, 2.24) is 9.97 Å². The molecule has 0 atom stereocenters. The molecule has 0 aliphatic carbocycles. The van der Waals surface area contributed by atoms with Crippen LogP contribution in [0.1, 0.15) is 0 Å². The number of aromatic nitrogens is 2. The fraction of sp³-hybridized carbons (Fsp3) is 0.200. The molecule has 0 radical (unpaired) electrons. The molecule has 0 N–H and O–H groups in total. The highest BCUT2D eigenvalue weighted by molar-refractivity contribution is 6.34. The standard InChI is InChI=1S/C10H9ClN2O2.2ClH/c1-14-8-3-6-7(4-9(8)15-2)12-5-13-10(6)11;;/h3-5H,1-2H3;2*1H. The van der Waals surface area contributed by atoms with Crippen molar-refractivity contribution in [2.75, 3.05) is 14.2 Å². The van der Waals surface area contributed by atoms with Gasteiger partial charge in [0.05, 0.1) is 19.7 Å². The molecular weight excluding hydrogens is 286 g/mol. The molecule has 1 aromatic heterocycles. The van der Waals surface area contributed by atoms with Crippen molar-refractivity contribution in [3.63, 3.8) is 0 Å². The third kappa shape index (κ3) is 3.03. The molecule has 0 amide bonds. The summed E-state index contributed by atoms with van der Waals surface area (Å²) >= 11 is 5.93. The van der Waals surface area contributed by atoms with E-state index in [9.17, 15) is 0 Å². The third-order valence-corrected chi connectivity index (χ3v) is 2.39. The van der Waals surface area contributed by atoms with Crippen molar-refractivity contribution < 1.29 is 9.47 Å². The summed E-state index contributed by atoms with van der Waals surface area (Å²) in [7, 11) is 3.15. The van der Waals surface area contributed by atoms with Crippen molar-refractivity contribution in [1.29, 1.82) is 0 Å². The second kappa shape index (κ2) is 6.69. The molecule has 0 saturated heterocycles. The quantitative estimate of drug-likeness (QED) is 0.799. The summed E-state index contributed by atoms with van der Waals surface area (Å²) in [5.74, 6) is 1.24. The van der Waals surface area contributed by atoms with Crippen LogP contribution in [-0.4, -0.2) is 24.2 Å². The van der Waals surface area contributed by atoms with Gasteiger partial charge < -0.3 is 9.47 Å².